The molecule has 2 saturated heterocycles. The van der Waals surface area contributed by atoms with Crippen molar-refractivity contribution in [1.29, 1.82) is 0 Å². The van der Waals surface area contributed by atoms with E-state index >= 15 is 0 Å². The van der Waals surface area contributed by atoms with Crippen LogP contribution < -0.4 is 10.1 Å². The van der Waals surface area contributed by atoms with Gasteiger partial charge in [-0.1, -0.05) is 25.4 Å². The Morgan fingerprint density at radius 2 is 1.76 bits per heavy atom. The molecule has 0 atom stereocenters. The number of halogens is 3. The Labute approximate surface area is 242 Å². The molecular weight excluding hydrogens is 560 g/mol. The molecule has 2 amide bonds. The first-order valence-electron chi connectivity index (χ1n) is 13.7. The van der Waals surface area contributed by atoms with Crippen molar-refractivity contribution in [1.82, 2.24) is 19.6 Å². The minimum absolute atomic E-state index is 0.0511. The van der Waals surface area contributed by atoms with E-state index in [0.717, 1.165) is 5.69 Å². The van der Waals surface area contributed by atoms with Crippen molar-refractivity contribution in [3.8, 4) is 5.75 Å². The summed E-state index contributed by atoms with van der Waals surface area (Å²) in [5, 5.41) is 17.7. The van der Waals surface area contributed by atoms with E-state index in [9.17, 15) is 28.3 Å². The summed E-state index contributed by atoms with van der Waals surface area (Å²) in [6, 6.07) is 5.95. The third-order valence-corrected chi connectivity index (χ3v) is 8.56. The maximum atomic E-state index is 14.1. The van der Waals surface area contributed by atoms with Crippen LogP contribution in [0.25, 0.3) is 0 Å². The summed E-state index contributed by atoms with van der Waals surface area (Å²) >= 11 is 5.98. The number of benzene rings is 1. The fourth-order valence-electron chi connectivity index (χ4n) is 5.87. The Balaban J connectivity index is 1.59. The number of likely N-dealkylation sites (tertiary alicyclic amines) is 2. The molecule has 0 saturated carbocycles. The second kappa shape index (κ2) is 12.3. The van der Waals surface area contributed by atoms with Crippen LogP contribution >= 0.6 is 11.6 Å². The molecule has 224 valence electrons. The molecule has 0 radical (unpaired) electrons. The number of hydrogen-bond donors (Lipinski definition) is 2. The van der Waals surface area contributed by atoms with Crippen LogP contribution in [0.3, 0.4) is 0 Å². The highest BCUT2D eigenvalue weighted by atomic mass is 35.5. The standard InChI is InChI=1S/C28H36ClF2N5O5/c1-18(2)22-6-11-32-36(22)28(24(38)33-21-5-4-20(29)16-23(21)41-26(30)31)9-12-34(13-10-28)17-27(25(39)40)7-14-35(15-8-27)19(3)37/h4-6,11,16,18,26H,7-10,12-15,17H2,1-3H3,(H,33,38)(H,39,40). The van der Waals surface area contributed by atoms with E-state index in [1.54, 1.807) is 15.8 Å². The molecule has 2 aliphatic heterocycles. The first kappa shape index (κ1) is 30.7. The van der Waals surface area contributed by atoms with Gasteiger partial charge in [0.2, 0.25) is 5.91 Å². The molecule has 1 aromatic heterocycles. The molecule has 0 unspecified atom stereocenters. The molecule has 2 fully saturated rings. The summed E-state index contributed by atoms with van der Waals surface area (Å²) in [6.07, 6.45) is 2.96. The summed E-state index contributed by atoms with van der Waals surface area (Å²) < 4.78 is 32.5. The molecular formula is C28H36ClF2N5O5. The van der Waals surface area contributed by atoms with E-state index in [1.165, 1.54) is 25.1 Å². The minimum atomic E-state index is -3.11. The fourth-order valence-corrected chi connectivity index (χ4v) is 6.04. The third kappa shape index (κ3) is 6.48. The van der Waals surface area contributed by atoms with Gasteiger partial charge in [0.25, 0.3) is 5.91 Å². The Morgan fingerprint density at radius 3 is 2.32 bits per heavy atom. The van der Waals surface area contributed by atoms with E-state index in [4.69, 9.17) is 11.6 Å². The SMILES string of the molecule is CC(=O)N1CCC(CN2CCC(C(=O)Nc3ccc(Cl)cc3OC(F)F)(n3nccc3C(C)C)CC2)(C(=O)O)CC1. The average Bonchev–Trinajstić information content (AvgIpc) is 3.42. The molecule has 4 rings (SSSR count). The lowest BCUT2D eigenvalue weighted by Crippen LogP contribution is -2.57. The van der Waals surface area contributed by atoms with Crippen LogP contribution in [0.4, 0.5) is 14.5 Å². The van der Waals surface area contributed by atoms with Gasteiger partial charge < -0.3 is 25.0 Å². The number of aliphatic carboxylic acids is 1. The predicted octanol–water partition coefficient (Wildman–Crippen LogP) is 4.40. The van der Waals surface area contributed by atoms with Gasteiger partial charge in [-0.2, -0.15) is 13.9 Å². The highest BCUT2D eigenvalue weighted by molar-refractivity contribution is 6.30. The van der Waals surface area contributed by atoms with Crippen LogP contribution in [0.5, 0.6) is 5.75 Å². The highest BCUT2D eigenvalue weighted by Gasteiger charge is 2.48. The summed E-state index contributed by atoms with van der Waals surface area (Å²) in [5.74, 6) is -1.60. The fraction of sp³-hybridized carbons (Fsp3) is 0.571. The van der Waals surface area contributed by atoms with Gasteiger partial charge in [0.1, 0.15) is 5.54 Å². The van der Waals surface area contributed by atoms with E-state index in [2.05, 4.69) is 20.1 Å². The molecule has 2 aliphatic rings. The number of carbonyl (C=O) groups is 3. The Bertz CT molecular complexity index is 1270. The van der Waals surface area contributed by atoms with Crippen molar-refractivity contribution in [2.45, 2.75) is 64.5 Å². The van der Waals surface area contributed by atoms with E-state index < -0.39 is 29.4 Å². The van der Waals surface area contributed by atoms with Crippen LogP contribution in [-0.4, -0.2) is 81.8 Å². The number of hydrogen-bond acceptors (Lipinski definition) is 6. The number of piperidine rings is 2. The van der Waals surface area contributed by atoms with E-state index in [1.807, 2.05) is 19.9 Å². The second-order valence-electron chi connectivity index (χ2n) is 11.2. The van der Waals surface area contributed by atoms with Gasteiger partial charge in [-0.15, -0.1) is 0 Å². The van der Waals surface area contributed by atoms with Crippen LogP contribution in [0, 0.1) is 5.41 Å². The van der Waals surface area contributed by atoms with Crippen molar-refractivity contribution >= 4 is 35.1 Å². The number of carboxylic acid groups (broad SMARTS) is 1. The van der Waals surface area contributed by atoms with E-state index in [-0.39, 0.29) is 28.3 Å². The first-order chi connectivity index (χ1) is 19.4. The summed E-state index contributed by atoms with van der Waals surface area (Å²) in [4.78, 5) is 42.0. The van der Waals surface area contributed by atoms with Gasteiger partial charge in [0.15, 0.2) is 5.75 Å². The van der Waals surface area contributed by atoms with Crippen LogP contribution in [0.2, 0.25) is 5.02 Å². The van der Waals surface area contributed by atoms with Gasteiger partial charge in [0.05, 0.1) is 11.1 Å². The molecule has 10 nitrogen and oxygen atoms in total. The van der Waals surface area contributed by atoms with Crippen molar-refractivity contribution < 1.29 is 33.0 Å². The zero-order valence-corrected chi connectivity index (χ0v) is 24.2. The maximum absolute atomic E-state index is 14.1. The maximum Gasteiger partial charge on any atom is 0.387 e. The quantitative estimate of drug-likeness (QED) is 0.441. The second-order valence-corrected chi connectivity index (χ2v) is 11.6. The summed E-state index contributed by atoms with van der Waals surface area (Å²) in [7, 11) is 0. The minimum Gasteiger partial charge on any atom is -0.481 e. The van der Waals surface area contributed by atoms with E-state index in [0.29, 0.717) is 58.4 Å². The zero-order chi connectivity index (χ0) is 29.9. The lowest BCUT2D eigenvalue weighted by Gasteiger charge is -2.46. The van der Waals surface area contributed by atoms with Gasteiger partial charge in [-0.05, 0) is 49.8 Å². The zero-order valence-electron chi connectivity index (χ0n) is 23.4. The number of amides is 2. The third-order valence-electron chi connectivity index (χ3n) is 8.33. The van der Waals surface area contributed by atoms with Crippen LogP contribution in [0.1, 0.15) is 58.1 Å². The molecule has 41 heavy (non-hydrogen) atoms. The van der Waals surface area contributed by atoms with Gasteiger partial charge in [-0.25, -0.2) is 0 Å². The molecule has 3 heterocycles. The number of ether oxygens (including phenoxy) is 1. The molecule has 1 aromatic carbocycles. The number of anilines is 1. The van der Waals surface area contributed by atoms with Crippen LogP contribution in [0.15, 0.2) is 30.5 Å². The predicted molar refractivity (Wildman–Crippen MR) is 148 cm³/mol. The molecule has 0 bridgehead atoms. The highest BCUT2D eigenvalue weighted by Crippen LogP contribution is 2.39. The summed E-state index contributed by atoms with van der Waals surface area (Å²) in [5.41, 5.74) is -1.25. The summed E-state index contributed by atoms with van der Waals surface area (Å²) in [6.45, 7) is 4.26. The lowest BCUT2D eigenvalue weighted by molar-refractivity contribution is -0.156. The largest absolute Gasteiger partial charge is 0.481 e. The van der Waals surface area contributed by atoms with Crippen molar-refractivity contribution in [2.75, 3.05) is 38.0 Å². The smallest absolute Gasteiger partial charge is 0.387 e. The normalized spacial score (nSPS) is 18.9. The number of carbonyl (C=O) groups excluding carboxylic acids is 2. The number of aromatic nitrogens is 2. The van der Waals surface area contributed by atoms with Crippen molar-refractivity contribution in [2.24, 2.45) is 5.41 Å². The van der Waals surface area contributed by atoms with Gasteiger partial charge >= 0.3 is 12.6 Å². The Morgan fingerprint density at radius 1 is 1.10 bits per heavy atom. The number of alkyl halides is 2. The molecule has 0 spiro atoms. The number of nitrogens with zero attached hydrogens (tertiary/aromatic N) is 4. The first-order valence-corrected chi connectivity index (χ1v) is 14.1. The average molecular weight is 596 g/mol. The van der Waals surface area contributed by atoms with Crippen LogP contribution in [-0.2, 0) is 19.9 Å². The van der Waals surface area contributed by atoms with Crippen molar-refractivity contribution in [3.63, 3.8) is 0 Å². The Hall–Kier alpha value is -3.25. The number of nitrogens with one attached hydrogen (secondary N) is 1. The molecule has 13 heteroatoms. The number of carboxylic acids is 1. The van der Waals surface area contributed by atoms with Crippen molar-refractivity contribution in [3.05, 3.63) is 41.2 Å². The van der Waals surface area contributed by atoms with Gasteiger partial charge in [-0.3, -0.25) is 19.1 Å². The number of rotatable bonds is 9. The molecule has 2 aromatic rings. The molecule has 2 N–H and O–H groups in total. The monoisotopic (exact) mass is 595 g/mol. The van der Waals surface area contributed by atoms with Gasteiger partial charge in [0, 0.05) is 62.6 Å². The lowest BCUT2D eigenvalue weighted by atomic mass is 9.76. The Kier molecular flexibility index (Phi) is 9.22. The topological polar surface area (TPSA) is 117 Å². The molecule has 0 aliphatic carbocycles.